The average Bonchev–Trinajstić information content (AvgIpc) is 3.15. The Kier molecular flexibility index (Phi) is 6.11. The lowest BCUT2D eigenvalue weighted by molar-refractivity contribution is 0.0950. The highest BCUT2D eigenvalue weighted by molar-refractivity contribution is 9.10. The summed E-state index contributed by atoms with van der Waals surface area (Å²) in [4.78, 5) is 20.0. The zero-order valence-electron chi connectivity index (χ0n) is 13.6. The molecule has 2 aromatic carbocycles. The van der Waals surface area contributed by atoms with Crippen molar-refractivity contribution >= 4 is 71.6 Å². The Balaban J connectivity index is 0.00000196. The summed E-state index contributed by atoms with van der Waals surface area (Å²) >= 11 is 8.50. The van der Waals surface area contributed by atoms with E-state index in [9.17, 15) is 4.79 Å². The summed E-state index contributed by atoms with van der Waals surface area (Å²) < 4.78 is 1.99. The molecule has 0 bridgehead atoms. The van der Waals surface area contributed by atoms with Crippen molar-refractivity contribution in [3.05, 3.63) is 80.2 Å². The molecule has 0 N–H and O–H groups in total. The Morgan fingerprint density at radius 1 is 1.08 bits per heavy atom. The van der Waals surface area contributed by atoms with Crippen LogP contribution in [0.5, 0.6) is 0 Å². The zero-order chi connectivity index (χ0) is 17.4. The van der Waals surface area contributed by atoms with E-state index in [1.807, 2.05) is 48.0 Å². The van der Waals surface area contributed by atoms with E-state index in [4.69, 9.17) is 4.99 Å². The summed E-state index contributed by atoms with van der Waals surface area (Å²) in [7, 11) is 0. The number of hydrogen-bond acceptors (Lipinski definition) is 4. The number of aliphatic imine (C=N–C) groups is 1. The van der Waals surface area contributed by atoms with Gasteiger partial charge in [0.25, 0.3) is 0 Å². The Labute approximate surface area is 184 Å². The number of nitrogens with zero attached hydrogens (tertiary/aromatic N) is 2. The lowest BCUT2D eigenvalue weighted by Crippen LogP contribution is -2.33. The lowest BCUT2D eigenvalue weighted by atomic mass is 9.84. The number of hydrogen-bond donors (Lipinski definition) is 0. The fourth-order valence-electron chi connectivity index (χ4n) is 3.12. The Hall–Kier alpha value is -0.890. The van der Waals surface area contributed by atoms with Crippen LogP contribution in [0.1, 0.15) is 22.3 Å². The molecule has 2 aromatic rings. The summed E-state index contributed by atoms with van der Waals surface area (Å²) in [6.07, 6.45) is 2.39. The van der Waals surface area contributed by atoms with E-state index >= 15 is 0 Å². The highest BCUT2D eigenvalue weighted by Crippen LogP contribution is 2.41. The van der Waals surface area contributed by atoms with Crippen molar-refractivity contribution in [2.24, 2.45) is 4.99 Å². The number of fused-ring (bicyclic) bond motifs is 1. The molecule has 7 heteroatoms. The fraction of sp³-hybridized carbons (Fsp3) is 0.158. The van der Waals surface area contributed by atoms with Gasteiger partial charge in [0.15, 0.2) is 11.0 Å². The molecule has 0 radical (unpaired) electrons. The van der Waals surface area contributed by atoms with Crippen LogP contribution in [0.4, 0.5) is 0 Å². The van der Waals surface area contributed by atoms with Crippen molar-refractivity contribution in [3.8, 4) is 0 Å². The van der Waals surface area contributed by atoms with Gasteiger partial charge in [-0.05, 0) is 35.2 Å². The Bertz CT molecular complexity index is 881. The van der Waals surface area contributed by atoms with Crippen molar-refractivity contribution in [3.63, 3.8) is 0 Å². The predicted molar refractivity (Wildman–Crippen MR) is 120 cm³/mol. The first-order valence-electron chi connectivity index (χ1n) is 7.80. The van der Waals surface area contributed by atoms with E-state index in [2.05, 4.69) is 48.9 Å². The van der Waals surface area contributed by atoms with E-state index in [1.54, 1.807) is 11.8 Å². The SMILES string of the molecule is Br.O=C(CC1(c2ccc(Br)cc2)CN2C=CSC2=N1)c1ccc(Br)cc1. The normalized spacial score (nSPS) is 20.5. The highest BCUT2D eigenvalue weighted by atomic mass is 79.9. The molecule has 2 aliphatic heterocycles. The molecule has 2 heterocycles. The van der Waals surface area contributed by atoms with Gasteiger partial charge in [0, 0.05) is 27.1 Å². The molecule has 1 atom stereocenters. The lowest BCUT2D eigenvalue weighted by Gasteiger charge is -2.27. The molecule has 0 amide bonds. The molecule has 0 aliphatic carbocycles. The monoisotopic (exact) mass is 556 g/mol. The van der Waals surface area contributed by atoms with Crippen LogP contribution < -0.4 is 0 Å². The van der Waals surface area contributed by atoms with Gasteiger partial charge in [-0.25, -0.2) is 4.99 Å². The third kappa shape index (κ3) is 3.86. The first kappa shape index (κ1) is 19.9. The van der Waals surface area contributed by atoms with E-state index in [0.717, 1.165) is 25.2 Å². The van der Waals surface area contributed by atoms with E-state index in [0.29, 0.717) is 13.0 Å². The van der Waals surface area contributed by atoms with Gasteiger partial charge in [0.05, 0.1) is 6.54 Å². The first-order chi connectivity index (χ1) is 12.1. The molecule has 1 unspecified atom stereocenters. The van der Waals surface area contributed by atoms with E-state index < -0.39 is 5.54 Å². The molecule has 0 spiro atoms. The molecule has 0 saturated heterocycles. The summed E-state index contributed by atoms with van der Waals surface area (Å²) in [6, 6.07) is 15.6. The maximum absolute atomic E-state index is 12.9. The molecule has 0 aromatic heterocycles. The van der Waals surface area contributed by atoms with Gasteiger partial charge in [0.2, 0.25) is 0 Å². The number of halogens is 3. The number of rotatable bonds is 4. The number of carbonyl (C=O) groups is 1. The van der Waals surface area contributed by atoms with Gasteiger partial charge in [0.1, 0.15) is 5.54 Å². The third-order valence-corrected chi connectivity index (χ3v) is 6.25. The largest absolute Gasteiger partial charge is 0.324 e. The molecule has 4 rings (SSSR count). The predicted octanol–water partition coefficient (Wildman–Crippen LogP) is 6.15. The second-order valence-corrected chi connectivity index (χ2v) is 8.77. The van der Waals surface area contributed by atoms with Crippen LogP contribution in [0.2, 0.25) is 0 Å². The van der Waals surface area contributed by atoms with Crippen LogP contribution in [-0.4, -0.2) is 22.4 Å². The molecule has 134 valence electrons. The maximum atomic E-state index is 12.9. The highest BCUT2D eigenvalue weighted by Gasteiger charge is 2.43. The molecule has 26 heavy (non-hydrogen) atoms. The quantitative estimate of drug-likeness (QED) is 0.422. The summed E-state index contributed by atoms with van der Waals surface area (Å²) in [5.41, 5.74) is 1.24. The number of carbonyl (C=O) groups excluding carboxylic acids is 1. The van der Waals surface area contributed by atoms with E-state index in [-0.39, 0.29) is 22.8 Å². The van der Waals surface area contributed by atoms with Crippen molar-refractivity contribution in [2.45, 2.75) is 12.0 Å². The summed E-state index contributed by atoms with van der Waals surface area (Å²) in [5.74, 6) is 0.106. The summed E-state index contributed by atoms with van der Waals surface area (Å²) in [5, 5.41) is 2.99. The van der Waals surface area contributed by atoms with Gasteiger partial charge in [-0.3, -0.25) is 4.79 Å². The van der Waals surface area contributed by atoms with Gasteiger partial charge in [-0.1, -0.05) is 67.9 Å². The second kappa shape index (κ2) is 8.00. The molecule has 3 nitrogen and oxygen atoms in total. The fourth-order valence-corrected chi connectivity index (χ4v) is 4.47. The van der Waals surface area contributed by atoms with Gasteiger partial charge >= 0.3 is 0 Å². The Morgan fingerprint density at radius 3 is 2.31 bits per heavy atom. The van der Waals surface area contributed by atoms with Crippen LogP contribution in [-0.2, 0) is 5.54 Å². The smallest absolute Gasteiger partial charge is 0.168 e. The Morgan fingerprint density at radius 2 is 1.69 bits per heavy atom. The van der Waals surface area contributed by atoms with Crippen LogP contribution in [0.3, 0.4) is 0 Å². The van der Waals surface area contributed by atoms with Gasteiger partial charge < -0.3 is 4.90 Å². The minimum atomic E-state index is -0.544. The van der Waals surface area contributed by atoms with Crippen LogP contribution >= 0.6 is 60.6 Å². The average molecular weight is 559 g/mol. The van der Waals surface area contributed by atoms with Crippen molar-refractivity contribution in [1.82, 2.24) is 4.90 Å². The molecule has 0 fully saturated rings. The number of Topliss-reactive ketones (excluding diaryl/α,β-unsaturated/α-hetero) is 1. The maximum Gasteiger partial charge on any atom is 0.168 e. The first-order valence-corrected chi connectivity index (χ1v) is 10.3. The zero-order valence-corrected chi connectivity index (χ0v) is 19.3. The molecule has 0 saturated carbocycles. The minimum absolute atomic E-state index is 0. The number of ketones is 1. The number of amidine groups is 1. The molecule has 2 aliphatic rings. The van der Waals surface area contributed by atoms with Crippen molar-refractivity contribution in [2.75, 3.05) is 6.54 Å². The van der Waals surface area contributed by atoms with Crippen molar-refractivity contribution in [1.29, 1.82) is 0 Å². The standard InChI is InChI=1S/C19H14Br2N2OS.BrH/c20-15-5-1-13(2-6-15)17(24)11-19(14-3-7-16(21)8-4-14)12-23-9-10-25-18(23)22-19;/h1-10H,11-12H2;1H. The van der Waals surface area contributed by atoms with E-state index in [1.165, 1.54) is 0 Å². The number of thioether (sulfide) groups is 1. The molecular formula is C19H15Br3N2OS. The number of benzene rings is 2. The second-order valence-electron chi connectivity index (χ2n) is 6.07. The van der Waals surface area contributed by atoms with Crippen LogP contribution in [0.25, 0.3) is 0 Å². The van der Waals surface area contributed by atoms with Gasteiger partial charge in [-0.2, -0.15) is 0 Å². The van der Waals surface area contributed by atoms with Crippen molar-refractivity contribution < 1.29 is 4.79 Å². The topological polar surface area (TPSA) is 32.7 Å². The third-order valence-electron chi connectivity index (χ3n) is 4.40. The van der Waals surface area contributed by atoms with Crippen LogP contribution in [0.15, 0.2) is 74.1 Å². The van der Waals surface area contributed by atoms with Crippen LogP contribution in [0, 0.1) is 0 Å². The summed E-state index contributed by atoms with van der Waals surface area (Å²) in [6.45, 7) is 0.690. The minimum Gasteiger partial charge on any atom is -0.324 e. The molecular weight excluding hydrogens is 544 g/mol. The van der Waals surface area contributed by atoms with Gasteiger partial charge in [-0.15, -0.1) is 17.0 Å².